The fourth-order valence-electron chi connectivity index (χ4n) is 2.39. The Bertz CT molecular complexity index is 637. The molecule has 0 saturated carbocycles. The topological polar surface area (TPSA) is 57.5 Å². The van der Waals surface area contributed by atoms with Crippen molar-refractivity contribution in [3.05, 3.63) is 48.3 Å². The van der Waals surface area contributed by atoms with Crippen LogP contribution >= 0.6 is 24.0 Å². The van der Waals surface area contributed by atoms with Gasteiger partial charge in [-0.2, -0.15) is 5.10 Å². The van der Waals surface area contributed by atoms with E-state index in [0.717, 1.165) is 37.7 Å². The number of guanidine groups is 1. The Balaban J connectivity index is 0.00000338. The maximum absolute atomic E-state index is 4.27. The average Bonchev–Trinajstić information content (AvgIpc) is 3.15. The Morgan fingerprint density at radius 1 is 1.19 bits per heavy atom. The van der Waals surface area contributed by atoms with E-state index in [0.29, 0.717) is 6.04 Å². The highest BCUT2D eigenvalue weighted by atomic mass is 127. The Hall–Kier alpha value is -1.61. The highest BCUT2D eigenvalue weighted by molar-refractivity contribution is 14.0. The lowest BCUT2D eigenvalue weighted by atomic mass is 10.1. The van der Waals surface area contributed by atoms with Crippen LogP contribution in [-0.2, 0) is 6.42 Å². The van der Waals surface area contributed by atoms with Crippen molar-refractivity contribution in [3.8, 4) is 5.69 Å². The Morgan fingerprint density at radius 2 is 1.88 bits per heavy atom. The molecule has 0 spiro atoms. The number of halogens is 1. The molecule has 0 radical (unpaired) electrons. The summed E-state index contributed by atoms with van der Waals surface area (Å²) in [5, 5.41) is 11.0. The molecule has 0 fully saturated rings. The van der Waals surface area contributed by atoms with Gasteiger partial charge in [0, 0.05) is 45.1 Å². The van der Waals surface area contributed by atoms with Crippen LogP contribution in [0.5, 0.6) is 0 Å². The third kappa shape index (κ3) is 7.33. The predicted molar refractivity (Wildman–Crippen MR) is 120 cm³/mol. The van der Waals surface area contributed by atoms with Crippen molar-refractivity contribution < 1.29 is 0 Å². The van der Waals surface area contributed by atoms with Crippen LogP contribution in [0.3, 0.4) is 0 Å². The van der Waals surface area contributed by atoms with Crippen molar-refractivity contribution >= 4 is 29.9 Å². The number of rotatable bonds is 8. The fourth-order valence-corrected chi connectivity index (χ4v) is 2.39. The van der Waals surface area contributed by atoms with Crippen LogP contribution in [0.2, 0.25) is 0 Å². The number of nitrogens with one attached hydrogen (secondary N) is 2. The summed E-state index contributed by atoms with van der Waals surface area (Å²) in [5.74, 6) is 0.852. The van der Waals surface area contributed by atoms with Crippen LogP contribution in [0.1, 0.15) is 19.4 Å². The molecule has 0 bridgehead atoms. The second kappa shape index (κ2) is 11.9. The second-order valence-electron chi connectivity index (χ2n) is 6.37. The first-order chi connectivity index (χ1) is 12.1. The summed E-state index contributed by atoms with van der Waals surface area (Å²) in [5.41, 5.74) is 2.37. The zero-order valence-corrected chi connectivity index (χ0v) is 18.5. The van der Waals surface area contributed by atoms with Crippen molar-refractivity contribution in [1.82, 2.24) is 25.3 Å². The van der Waals surface area contributed by atoms with Gasteiger partial charge in [-0.05, 0) is 51.1 Å². The zero-order chi connectivity index (χ0) is 18.1. The SMILES string of the molecule is CN=C(NCCc1ccc(-n2cccn2)cc1)NCCN(C)C(C)C.I. The maximum Gasteiger partial charge on any atom is 0.191 e. The molecule has 0 aliphatic heterocycles. The van der Waals surface area contributed by atoms with Crippen LogP contribution in [-0.4, -0.2) is 60.4 Å². The third-order valence-corrected chi connectivity index (χ3v) is 4.27. The monoisotopic (exact) mass is 470 g/mol. The highest BCUT2D eigenvalue weighted by Gasteiger charge is 2.03. The van der Waals surface area contributed by atoms with Gasteiger partial charge in [-0.25, -0.2) is 4.68 Å². The van der Waals surface area contributed by atoms with Gasteiger partial charge in [0.25, 0.3) is 0 Å². The van der Waals surface area contributed by atoms with Crippen molar-refractivity contribution in [2.24, 2.45) is 4.99 Å². The molecule has 0 unspecified atom stereocenters. The van der Waals surface area contributed by atoms with E-state index in [-0.39, 0.29) is 24.0 Å². The van der Waals surface area contributed by atoms with Gasteiger partial charge in [0.2, 0.25) is 0 Å². The minimum absolute atomic E-state index is 0. The summed E-state index contributed by atoms with van der Waals surface area (Å²) in [6, 6.07) is 11.0. The van der Waals surface area contributed by atoms with Crippen LogP contribution in [0.4, 0.5) is 0 Å². The predicted octanol–water partition coefficient (Wildman–Crippen LogP) is 2.54. The van der Waals surface area contributed by atoms with Crippen molar-refractivity contribution in [1.29, 1.82) is 0 Å². The summed E-state index contributed by atoms with van der Waals surface area (Å²) >= 11 is 0. The van der Waals surface area contributed by atoms with Gasteiger partial charge in [0.15, 0.2) is 5.96 Å². The molecule has 144 valence electrons. The van der Waals surface area contributed by atoms with Crippen molar-refractivity contribution in [3.63, 3.8) is 0 Å². The molecule has 0 atom stereocenters. The first-order valence-corrected chi connectivity index (χ1v) is 8.84. The molecule has 2 N–H and O–H groups in total. The van der Waals surface area contributed by atoms with Gasteiger partial charge in [-0.15, -0.1) is 24.0 Å². The van der Waals surface area contributed by atoms with E-state index in [1.165, 1.54) is 5.56 Å². The maximum atomic E-state index is 4.27. The van der Waals surface area contributed by atoms with Crippen molar-refractivity contribution in [2.45, 2.75) is 26.3 Å². The van der Waals surface area contributed by atoms with Crippen LogP contribution in [0, 0.1) is 0 Å². The highest BCUT2D eigenvalue weighted by Crippen LogP contribution is 2.08. The Kier molecular flexibility index (Phi) is 10.3. The molecule has 6 nitrogen and oxygen atoms in total. The molecule has 0 aliphatic carbocycles. The second-order valence-corrected chi connectivity index (χ2v) is 6.37. The van der Waals surface area contributed by atoms with Gasteiger partial charge < -0.3 is 15.5 Å². The number of likely N-dealkylation sites (N-methyl/N-ethyl adjacent to an activating group) is 1. The number of nitrogens with zero attached hydrogens (tertiary/aromatic N) is 4. The molecule has 1 heterocycles. The number of aliphatic imine (C=N–C) groups is 1. The van der Waals surface area contributed by atoms with Crippen LogP contribution in [0.25, 0.3) is 5.69 Å². The molecule has 1 aromatic carbocycles. The zero-order valence-electron chi connectivity index (χ0n) is 16.1. The number of hydrogen-bond donors (Lipinski definition) is 2. The largest absolute Gasteiger partial charge is 0.356 e. The molecule has 2 aromatic rings. The lowest BCUT2D eigenvalue weighted by Crippen LogP contribution is -2.42. The Labute approximate surface area is 174 Å². The fraction of sp³-hybridized carbons (Fsp3) is 0.474. The minimum Gasteiger partial charge on any atom is -0.356 e. The van der Waals surface area contributed by atoms with Gasteiger partial charge in [0.05, 0.1) is 5.69 Å². The normalized spacial score (nSPS) is 11.5. The van der Waals surface area contributed by atoms with Crippen molar-refractivity contribution in [2.75, 3.05) is 33.7 Å². The van der Waals surface area contributed by atoms with E-state index in [2.05, 4.69) is 70.8 Å². The summed E-state index contributed by atoms with van der Waals surface area (Å²) < 4.78 is 1.86. The van der Waals surface area contributed by atoms with Gasteiger partial charge in [-0.1, -0.05) is 12.1 Å². The number of aromatic nitrogens is 2. The molecule has 7 heteroatoms. The van der Waals surface area contributed by atoms with E-state index in [4.69, 9.17) is 0 Å². The summed E-state index contributed by atoms with van der Waals surface area (Å²) in [6.07, 6.45) is 4.68. The first kappa shape index (κ1) is 22.4. The first-order valence-electron chi connectivity index (χ1n) is 8.84. The van der Waals surface area contributed by atoms with E-state index in [9.17, 15) is 0 Å². The molecule has 1 aromatic heterocycles. The van der Waals surface area contributed by atoms with Crippen LogP contribution < -0.4 is 10.6 Å². The molecule has 2 rings (SSSR count). The molecular formula is C19H31IN6. The van der Waals surface area contributed by atoms with E-state index in [1.54, 1.807) is 13.2 Å². The molecule has 26 heavy (non-hydrogen) atoms. The van der Waals surface area contributed by atoms with Gasteiger partial charge in [0.1, 0.15) is 0 Å². The lowest BCUT2D eigenvalue weighted by molar-refractivity contribution is 0.278. The summed E-state index contributed by atoms with van der Waals surface area (Å²) in [4.78, 5) is 6.58. The van der Waals surface area contributed by atoms with Crippen LogP contribution in [0.15, 0.2) is 47.7 Å². The quantitative estimate of drug-likeness (QED) is 0.354. The number of benzene rings is 1. The lowest BCUT2D eigenvalue weighted by Gasteiger charge is -2.21. The van der Waals surface area contributed by atoms with E-state index in [1.807, 2.05) is 16.9 Å². The summed E-state index contributed by atoms with van der Waals surface area (Å²) in [7, 11) is 3.94. The standard InChI is InChI=1S/C19H30N6.HI/c1-16(2)24(4)15-13-22-19(20-3)21-12-10-17-6-8-18(9-7-17)25-14-5-11-23-25;/h5-9,11,14,16H,10,12-13,15H2,1-4H3,(H2,20,21,22);1H. The number of hydrogen-bond acceptors (Lipinski definition) is 3. The molecule has 0 aliphatic rings. The smallest absolute Gasteiger partial charge is 0.191 e. The average molecular weight is 470 g/mol. The molecule has 0 amide bonds. The molecule has 0 saturated heterocycles. The Morgan fingerprint density at radius 3 is 2.46 bits per heavy atom. The summed E-state index contributed by atoms with van der Waals surface area (Å²) in [6.45, 7) is 7.12. The van der Waals surface area contributed by atoms with E-state index >= 15 is 0 Å². The third-order valence-electron chi connectivity index (χ3n) is 4.27. The minimum atomic E-state index is 0. The van der Waals surface area contributed by atoms with E-state index < -0.39 is 0 Å². The van der Waals surface area contributed by atoms with Gasteiger partial charge in [-0.3, -0.25) is 4.99 Å². The molecular weight excluding hydrogens is 439 g/mol. The van der Waals surface area contributed by atoms with Gasteiger partial charge >= 0.3 is 0 Å².